The van der Waals surface area contributed by atoms with Gasteiger partial charge in [-0.2, -0.15) is 0 Å². The maximum atomic E-state index is 11.6. The van der Waals surface area contributed by atoms with Crippen molar-refractivity contribution in [3.05, 3.63) is 32.7 Å². The van der Waals surface area contributed by atoms with Crippen molar-refractivity contribution < 1.29 is 4.79 Å². The Balaban J connectivity index is 3.20. The lowest BCUT2D eigenvalue weighted by Crippen LogP contribution is -2.11. The van der Waals surface area contributed by atoms with Gasteiger partial charge in [0, 0.05) is 14.5 Å². The van der Waals surface area contributed by atoms with Crippen molar-refractivity contribution in [2.45, 2.75) is 12.3 Å². The number of benzene rings is 1. The van der Waals surface area contributed by atoms with Crippen LogP contribution in [0.1, 0.15) is 17.3 Å². The zero-order chi connectivity index (χ0) is 10.0. The summed E-state index contributed by atoms with van der Waals surface area (Å²) in [6.07, 6.45) is 0. The average molecular weight is 326 g/mol. The zero-order valence-electron chi connectivity index (χ0n) is 6.85. The summed E-state index contributed by atoms with van der Waals surface area (Å²) < 4.78 is 1.53. The van der Waals surface area contributed by atoms with Crippen LogP contribution in [0.15, 0.2) is 27.1 Å². The summed E-state index contributed by atoms with van der Waals surface area (Å²) in [4.78, 5) is 11.6. The molecule has 0 spiro atoms. The van der Waals surface area contributed by atoms with Crippen LogP contribution < -0.4 is 0 Å². The molecule has 1 unspecified atom stereocenters. The molecule has 0 radical (unpaired) electrons. The first-order valence-corrected chi connectivity index (χ1v) is 5.68. The van der Waals surface area contributed by atoms with E-state index in [0.29, 0.717) is 5.56 Å². The number of halogens is 3. The van der Waals surface area contributed by atoms with Gasteiger partial charge in [0.15, 0.2) is 5.78 Å². The molecule has 1 rings (SSSR count). The Morgan fingerprint density at radius 2 is 1.85 bits per heavy atom. The largest absolute Gasteiger partial charge is 0.292 e. The molecule has 0 saturated heterocycles. The molecule has 0 fully saturated rings. The second-order valence-corrected chi connectivity index (χ2v) is 4.94. The first-order chi connectivity index (χ1) is 6.04. The third-order valence-electron chi connectivity index (χ3n) is 1.57. The number of rotatable bonds is 2. The number of hydrogen-bond donors (Lipinski definition) is 0. The van der Waals surface area contributed by atoms with Gasteiger partial charge >= 0.3 is 0 Å². The molecule has 1 aromatic rings. The van der Waals surface area contributed by atoms with Gasteiger partial charge in [0.25, 0.3) is 0 Å². The first kappa shape index (κ1) is 11.2. The van der Waals surface area contributed by atoms with Crippen molar-refractivity contribution in [2.75, 3.05) is 0 Å². The van der Waals surface area contributed by atoms with Crippen LogP contribution in [-0.2, 0) is 0 Å². The Bertz CT molecular complexity index is 316. The van der Waals surface area contributed by atoms with Crippen molar-refractivity contribution >= 4 is 49.2 Å². The van der Waals surface area contributed by atoms with Gasteiger partial charge in [-0.25, -0.2) is 0 Å². The van der Waals surface area contributed by atoms with Crippen LogP contribution in [0.2, 0.25) is 0 Å². The predicted molar refractivity (Wildman–Crippen MR) is 61.5 cm³/mol. The first-order valence-electron chi connectivity index (χ1n) is 3.66. The lowest BCUT2D eigenvalue weighted by molar-refractivity contribution is 0.0990. The smallest absolute Gasteiger partial charge is 0.182 e. The molecule has 0 saturated carbocycles. The molecular formula is C9H7Br2ClO. The fourth-order valence-corrected chi connectivity index (χ4v) is 2.43. The SMILES string of the molecule is CC(Cl)C(=O)c1c(Br)cccc1Br. The minimum Gasteiger partial charge on any atom is -0.292 e. The van der Waals surface area contributed by atoms with Crippen LogP contribution in [0, 0.1) is 0 Å². The quantitative estimate of drug-likeness (QED) is 0.592. The van der Waals surface area contributed by atoms with Crippen molar-refractivity contribution in [1.29, 1.82) is 0 Å². The fourth-order valence-electron chi connectivity index (χ4n) is 0.932. The summed E-state index contributed by atoms with van der Waals surface area (Å²) in [5.41, 5.74) is 0.602. The van der Waals surface area contributed by atoms with E-state index in [1.807, 2.05) is 18.2 Å². The number of carbonyl (C=O) groups is 1. The number of alkyl halides is 1. The molecule has 0 bridgehead atoms. The van der Waals surface area contributed by atoms with Crippen LogP contribution in [0.25, 0.3) is 0 Å². The second kappa shape index (κ2) is 4.58. The van der Waals surface area contributed by atoms with E-state index in [4.69, 9.17) is 11.6 Å². The molecule has 70 valence electrons. The van der Waals surface area contributed by atoms with Gasteiger partial charge in [-0.3, -0.25) is 4.79 Å². The molecular weight excluding hydrogens is 319 g/mol. The summed E-state index contributed by atoms with van der Waals surface area (Å²) in [6.45, 7) is 1.66. The summed E-state index contributed by atoms with van der Waals surface area (Å²) in [6, 6.07) is 5.48. The standard InChI is InChI=1S/C9H7Br2ClO/c1-5(12)9(13)8-6(10)3-2-4-7(8)11/h2-5H,1H3. The third-order valence-corrected chi connectivity index (χ3v) is 3.09. The summed E-state index contributed by atoms with van der Waals surface area (Å²) >= 11 is 12.3. The highest BCUT2D eigenvalue weighted by atomic mass is 79.9. The topological polar surface area (TPSA) is 17.1 Å². The molecule has 1 aromatic carbocycles. The van der Waals surface area contributed by atoms with E-state index < -0.39 is 5.38 Å². The van der Waals surface area contributed by atoms with Gasteiger partial charge in [0.05, 0.1) is 5.38 Å². The Kier molecular flexibility index (Phi) is 3.95. The predicted octanol–water partition coefficient (Wildman–Crippen LogP) is 4.02. The zero-order valence-corrected chi connectivity index (χ0v) is 10.8. The second-order valence-electron chi connectivity index (χ2n) is 2.58. The van der Waals surface area contributed by atoms with E-state index in [-0.39, 0.29) is 5.78 Å². The van der Waals surface area contributed by atoms with E-state index in [9.17, 15) is 4.79 Å². The Morgan fingerprint density at radius 3 is 2.23 bits per heavy atom. The van der Waals surface area contributed by atoms with Gasteiger partial charge in [-0.05, 0) is 19.1 Å². The van der Waals surface area contributed by atoms with Crippen molar-refractivity contribution in [1.82, 2.24) is 0 Å². The fraction of sp³-hybridized carbons (Fsp3) is 0.222. The lowest BCUT2D eigenvalue weighted by atomic mass is 10.1. The maximum absolute atomic E-state index is 11.6. The Labute approximate surface area is 98.7 Å². The Morgan fingerprint density at radius 1 is 1.38 bits per heavy atom. The van der Waals surface area contributed by atoms with Gasteiger partial charge in [-0.1, -0.05) is 37.9 Å². The molecule has 0 heterocycles. The molecule has 1 atom stereocenters. The average Bonchev–Trinajstić information content (AvgIpc) is 2.03. The molecule has 0 amide bonds. The van der Waals surface area contributed by atoms with E-state index in [2.05, 4.69) is 31.9 Å². The number of ketones is 1. The van der Waals surface area contributed by atoms with E-state index >= 15 is 0 Å². The minimum absolute atomic E-state index is 0.0824. The van der Waals surface area contributed by atoms with E-state index in [0.717, 1.165) is 8.95 Å². The summed E-state index contributed by atoms with van der Waals surface area (Å²) in [5, 5.41) is -0.505. The molecule has 0 N–H and O–H groups in total. The van der Waals surface area contributed by atoms with Crippen molar-refractivity contribution in [3.63, 3.8) is 0 Å². The van der Waals surface area contributed by atoms with Crippen molar-refractivity contribution in [3.8, 4) is 0 Å². The van der Waals surface area contributed by atoms with E-state index in [1.165, 1.54) is 0 Å². The van der Waals surface area contributed by atoms with Gasteiger partial charge in [0.1, 0.15) is 0 Å². The van der Waals surface area contributed by atoms with Crippen LogP contribution in [0.4, 0.5) is 0 Å². The lowest BCUT2D eigenvalue weighted by Gasteiger charge is -2.06. The highest BCUT2D eigenvalue weighted by molar-refractivity contribution is 9.11. The molecule has 0 aliphatic carbocycles. The minimum atomic E-state index is -0.505. The van der Waals surface area contributed by atoms with Crippen molar-refractivity contribution in [2.24, 2.45) is 0 Å². The molecule has 1 nitrogen and oxygen atoms in total. The van der Waals surface area contributed by atoms with Crippen LogP contribution >= 0.6 is 43.5 Å². The van der Waals surface area contributed by atoms with Gasteiger partial charge < -0.3 is 0 Å². The van der Waals surface area contributed by atoms with Crippen LogP contribution in [-0.4, -0.2) is 11.2 Å². The van der Waals surface area contributed by atoms with E-state index in [1.54, 1.807) is 6.92 Å². The van der Waals surface area contributed by atoms with Crippen LogP contribution in [0.5, 0.6) is 0 Å². The molecule has 13 heavy (non-hydrogen) atoms. The number of carbonyl (C=O) groups excluding carboxylic acids is 1. The number of hydrogen-bond acceptors (Lipinski definition) is 1. The highest BCUT2D eigenvalue weighted by Gasteiger charge is 2.17. The Hall–Kier alpha value is 0.140. The highest BCUT2D eigenvalue weighted by Crippen LogP contribution is 2.27. The monoisotopic (exact) mass is 324 g/mol. The summed E-state index contributed by atoms with van der Waals surface area (Å²) in [5.74, 6) is -0.0824. The normalized spacial score (nSPS) is 12.6. The van der Waals surface area contributed by atoms with Gasteiger partial charge in [-0.15, -0.1) is 11.6 Å². The van der Waals surface area contributed by atoms with Crippen LogP contribution in [0.3, 0.4) is 0 Å². The number of Topliss-reactive ketones (excluding diaryl/α,β-unsaturated/α-hetero) is 1. The molecule has 0 aliphatic heterocycles. The molecule has 0 aliphatic rings. The maximum Gasteiger partial charge on any atom is 0.182 e. The third kappa shape index (κ3) is 2.55. The molecule has 4 heteroatoms. The molecule has 0 aromatic heterocycles. The van der Waals surface area contributed by atoms with Gasteiger partial charge in [0.2, 0.25) is 0 Å². The summed E-state index contributed by atoms with van der Waals surface area (Å²) in [7, 11) is 0.